The SMILES string of the molecule is O=[N+]([O-])c1ccc(CCC(=NO)c2ccccc2)cc1. The van der Waals surface area contributed by atoms with Crippen LogP contribution in [0.1, 0.15) is 17.5 Å². The molecular weight excluding hydrogens is 256 g/mol. The van der Waals surface area contributed by atoms with Crippen LogP contribution >= 0.6 is 0 Å². The summed E-state index contributed by atoms with van der Waals surface area (Å²) >= 11 is 0. The highest BCUT2D eigenvalue weighted by Gasteiger charge is 2.07. The second-order valence-corrected chi connectivity index (χ2v) is 4.34. The molecule has 0 saturated heterocycles. The summed E-state index contributed by atoms with van der Waals surface area (Å²) in [6.07, 6.45) is 1.23. The molecule has 102 valence electrons. The zero-order valence-corrected chi connectivity index (χ0v) is 10.8. The number of non-ortho nitro benzene ring substituents is 1. The third-order valence-corrected chi connectivity index (χ3v) is 3.03. The van der Waals surface area contributed by atoms with E-state index in [1.807, 2.05) is 30.3 Å². The van der Waals surface area contributed by atoms with Crippen molar-refractivity contribution in [3.63, 3.8) is 0 Å². The molecule has 2 aromatic rings. The quantitative estimate of drug-likeness (QED) is 0.391. The maximum absolute atomic E-state index is 10.6. The van der Waals surface area contributed by atoms with E-state index in [1.165, 1.54) is 12.1 Å². The summed E-state index contributed by atoms with van der Waals surface area (Å²) in [5.74, 6) is 0. The van der Waals surface area contributed by atoms with E-state index in [-0.39, 0.29) is 5.69 Å². The number of aryl methyl sites for hydroxylation is 1. The van der Waals surface area contributed by atoms with E-state index in [0.29, 0.717) is 18.6 Å². The molecule has 0 radical (unpaired) electrons. The molecular formula is C15H14N2O3. The second-order valence-electron chi connectivity index (χ2n) is 4.34. The molecule has 0 heterocycles. The fourth-order valence-electron chi connectivity index (χ4n) is 1.93. The van der Waals surface area contributed by atoms with Gasteiger partial charge in [-0.1, -0.05) is 47.6 Å². The van der Waals surface area contributed by atoms with Crippen molar-refractivity contribution in [2.75, 3.05) is 0 Å². The summed E-state index contributed by atoms with van der Waals surface area (Å²) in [6, 6.07) is 15.8. The number of hydrogen-bond donors (Lipinski definition) is 1. The Hall–Kier alpha value is -2.69. The molecule has 5 heteroatoms. The number of oxime groups is 1. The van der Waals surface area contributed by atoms with Gasteiger partial charge in [-0.3, -0.25) is 10.1 Å². The van der Waals surface area contributed by atoms with Gasteiger partial charge in [-0.15, -0.1) is 0 Å². The van der Waals surface area contributed by atoms with Crippen LogP contribution in [0.25, 0.3) is 0 Å². The summed E-state index contributed by atoms with van der Waals surface area (Å²) in [5.41, 5.74) is 2.52. The summed E-state index contributed by atoms with van der Waals surface area (Å²) in [5, 5.41) is 23.0. The summed E-state index contributed by atoms with van der Waals surface area (Å²) < 4.78 is 0. The van der Waals surface area contributed by atoms with Gasteiger partial charge in [0.2, 0.25) is 0 Å². The number of nitro benzene ring substituents is 1. The van der Waals surface area contributed by atoms with Gasteiger partial charge < -0.3 is 5.21 Å². The normalized spacial score (nSPS) is 11.3. The minimum Gasteiger partial charge on any atom is -0.411 e. The van der Waals surface area contributed by atoms with E-state index in [1.54, 1.807) is 12.1 Å². The van der Waals surface area contributed by atoms with Crippen molar-refractivity contribution in [3.8, 4) is 0 Å². The summed E-state index contributed by atoms with van der Waals surface area (Å²) in [7, 11) is 0. The maximum atomic E-state index is 10.6. The van der Waals surface area contributed by atoms with Gasteiger partial charge >= 0.3 is 0 Å². The van der Waals surface area contributed by atoms with Crippen LogP contribution in [-0.4, -0.2) is 15.8 Å². The van der Waals surface area contributed by atoms with Crippen molar-refractivity contribution in [1.82, 2.24) is 0 Å². The van der Waals surface area contributed by atoms with Gasteiger partial charge in [0.05, 0.1) is 10.6 Å². The van der Waals surface area contributed by atoms with E-state index in [9.17, 15) is 10.1 Å². The Morgan fingerprint density at radius 3 is 2.30 bits per heavy atom. The van der Waals surface area contributed by atoms with Crippen LogP contribution in [-0.2, 0) is 6.42 Å². The fourth-order valence-corrected chi connectivity index (χ4v) is 1.93. The lowest BCUT2D eigenvalue weighted by molar-refractivity contribution is -0.384. The van der Waals surface area contributed by atoms with Gasteiger partial charge in [-0.25, -0.2) is 0 Å². The standard InChI is InChI=1S/C15H14N2O3/c18-16-15(13-4-2-1-3-5-13)11-8-12-6-9-14(10-7-12)17(19)20/h1-7,9-10,18H,8,11H2. The lowest BCUT2D eigenvalue weighted by Gasteiger charge is -2.04. The number of nitro groups is 1. The molecule has 0 atom stereocenters. The molecule has 0 unspecified atom stereocenters. The number of benzene rings is 2. The van der Waals surface area contributed by atoms with E-state index in [2.05, 4.69) is 5.16 Å². The molecule has 20 heavy (non-hydrogen) atoms. The lowest BCUT2D eigenvalue weighted by atomic mass is 10.0. The highest BCUT2D eigenvalue weighted by Crippen LogP contribution is 2.14. The highest BCUT2D eigenvalue weighted by molar-refractivity contribution is 6.00. The zero-order valence-electron chi connectivity index (χ0n) is 10.8. The molecule has 0 spiro atoms. The van der Waals surface area contributed by atoms with Crippen LogP contribution in [0.2, 0.25) is 0 Å². The van der Waals surface area contributed by atoms with Crippen molar-refractivity contribution < 1.29 is 10.1 Å². The molecule has 0 aliphatic carbocycles. The van der Waals surface area contributed by atoms with Crippen molar-refractivity contribution >= 4 is 11.4 Å². The molecule has 2 aromatic carbocycles. The zero-order chi connectivity index (χ0) is 14.4. The summed E-state index contributed by atoms with van der Waals surface area (Å²) in [4.78, 5) is 10.1. The second kappa shape index (κ2) is 6.47. The number of rotatable bonds is 5. The van der Waals surface area contributed by atoms with Gasteiger partial charge in [0.25, 0.3) is 5.69 Å². The minimum absolute atomic E-state index is 0.0767. The van der Waals surface area contributed by atoms with Crippen molar-refractivity contribution in [2.24, 2.45) is 5.16 Å². The van der Waals surface area contributed by atoms with Crippen LogP contribution in [0.3, 0.4) is 0 Å². The van der Waals surface area contributed by atoms with E-state index in [0.717, 1.165) is 11.1 Å². The summed E-state index contributed by atoms with van der Waals surface area (Å²) in [6.45, 7) is 0. The predicted molar refractivity (Wildman–Crippen MR) is 76.2 cm³/mol. The van der Waals surface area contributed by atoms with Crippen LogP contribution in [0.15, 0.2) is 59.8 Å². The van der Waals surface area contributed by atoms with Gasteiger partial charge in [-0.2, -0.15) is 0 Å². The Morgan fingerprint density at radius 2 is 1.75 bits per heavy atom. The predicted octanol–water partition coefficient (Wildman–Crippen LogP) is 3.41. The molecule has 0 bridgehead atoms. The Bertz CT molecular complexity index is 607. The topological polar surface area (TPSA) is 75.7 Å². The molecule has 0 fully saturated rings. The Morgan fingerprint density at radius 1 is 1.10 bits per heavy atom. The first-order valence-electron chi connectivity index (χ1n) is 6.20. The Kier molecular flexibility index (Phi) is 4.44. The molecule has 2 rings (SSSR count). The van der Waals surface area contributed by atoms with Gasteiger partial charge in [-0.05, 0) is 24.0 Å². The van der Waals surface area contributed by atoms with Crippen LogP contribution in [0.5, 0.6) is 0 Å². The average molecular weight is 270 g/mol. The number of hydrogen-bond acceptors (Lipinski definition) is 4. The molecule has 0 aliphatic heterocycles. The van der Waals surface area contributed by atoms with Crippen LogP contribution in [0, 0.1) is 10.1 Å². The van der Waals surface area contributed by atoms with Gasteiger partial charge in [0, 0.05) is 12.1 Å². The first kappa shape index (κ1) is 13.7. The third-order valence-electron chi connectivity index (χ3n) is 3.03. The fraction of sp³-hybridized carbons (Fsp3) is 0.133. The maximum Gasteiger partial charge on any atom is 0.269 e. The van der Waals surface area contributed by atoms with Crippen molar-refractivity contribution in [1.29, 1.82) is 0 Å². The lowest BCUT2D eigenvalue weighted by Crippen LogP contribution is -2.03. The van der Waals surface area contributed by atoms with E-state index in [4.69, 9.17) is 5.21 Å². The molecule has 0 amide bonds. The first-order chi connectivity index (χ1) is 9.70. The monoisotopic (exact) mass is 270 g/mol. The Balaban J connectivity index is 2.02. The van der Waals surface area contributed by atoms with Gasteiger partial charge in [0.15, 0.2) is 0 Å². The molecule has 1 N–H and O–H groups in total. The van der Waals surface area contributed by atoms with Crippen molar-refractivity contribution in [2.45, 2.75) is 12.8 Å². The highest BCUT2D eigenvalue weighted by atomic mass is 16.6. The molecule has 0 aromatic heterocycles. The van der Waals surface area contributed by atoms with Crippen LogP contribution < -0.4 is 0 Å². The molecule has 0 aliphatic rings. The van der Waals surface area contributed by atoms with E-state index < -0.39 is 4.92 Å². The van der Waals surface area contributed by atoms with Gasteiger partial charge in [0.1, 0.15) is 0 Å². The third kappa shape index (κ3) is 3.41. The molecule has 0 saturated carbocycles. The Labute approximate surface area is 116 Å². The average Bonchev–Trinajstić information content (AvgIpc) is 2.49. The number of nitrogens with zero attached hydrogens (tertiary/aromatic N) is 2. The van der Waals surface area contributed by atoms with E-state index >= 15 is 0 Å². The van der Waals surface area contributed by atoms with Crippen LogP contribution in [0.4, 0.5) is 5.69 Å². The molecule has 5 nitrogen and oxygen atoms in total. The first-order valence-corrected chi connectivity index (χ1v) is 6.20. The van der Waals surface area contributed by atoms with Crippen molar-refractivity contribution in [3.05, 3.63) is 75.8 Å². The minimum atomic E-state index is -0.422. The smallest absolute Gasteiger partial charge is 0.269 e. The largest absolute Gasteiger partial charge is 0.411 e.